The Kier molecular flexibility index (Phi) is 3.53. The Hall–Kier alpha value is -3.71. The first-order valence-electron chi connectivity index (χ1n) is 8.50. The SMILES string of the molecule is O=C1OC2(c3ccc(O)cc3Oc3cc(O)cc(C(=O)OCl)c32)c2ccccc21. The van der Waals surface area contributed by atoms with Crippen molar-refractivity contribution < 1.29 is 33.6 Å². The quantitative estimate of drug-likeness (QED) is 0.585. The fourth-order valence-corrected chi connectivity index (χ4v) is 4.07. The molecule has 5 rings (SSSR count). The molecule has 0 saturated carbocycles. The molecule has 1 spiro atoms. The molecule has 2 aliphatic rings. The van der Waals surface area contributed by atoms with Gasteiger partial charge in [-0.2, -0.15) is 0 Å². The van der Waals surface area contributed by atoms with Crippen molar-refractivity contribution in [2.24, 2.45) is 0 Å². The van der Waals surface area contributed by atoms with E-state index in [1.54, 1.807) is 30.3 Å². The minimum absolute atomic E-state index is 0.0599. The van der Waals surface area contributed by atoms with Crippen molar-refractivity contribution in [1.29, 1.82) is 0 Å². The molecule has 144 valence electrons. The van der Waals surface area contributed by atoms with Crippen molar-refractivity contribution in [2.45, 2.75) is 5.60 Å². The van der Waals surface area contributed by atoms with Crippen LogP contribution in [0.1, 0.15) is 37.4 Å². The molecule has 2 aliphatic heterocycles. The molecule has 3 aromatic rings. The van der Waals surface area contributed by atoms with Gasteiger partial charge in [0.15, 0.2) is 5.60 Å². The van der Waals surface area contributed by atoms with Crippen molar-refractivity contribution in [2.75, 3.05) is 0 Å². The number of phenolic OH excluding ortho intramolecular Hbond substituents is 2. The van der Waals surface area contributed by atoms with E-state index in [2.05, 4.69) is 4.29 Å². The van der Waals surface area contributed by atoms with Crippen LogP contribution in [0.4, 0.5) is 0 Å². The number of carbonyl (C=O) groups excluding carboxylic acids is 2. The van der Waals surface area contributed by atoms with Crippen LogP contribution in [0.25, 0.3) is 0 Å². The molecule has 2 heterocycles. The fourth-order valence-electron chi connectivity index (χ4n) is 3.99. The molecule has 0 saturated heterocycles. The predicted molar refractivity (Wildman–Crippen MR) is 99.3 cm³/mol. The molecule has 0 aliphatic carbocycles. The zero-order valence-corrected chi connectivity index (χ0v) is 15.3. The second-order valence-corrected chi connectivity index (χ2v) is 6.78. The average molecular weight is 411 g/mol. The summed E-state index contributed by atoms with van der Waals surface area (Å²) in [5.74, 6) is -1.63. The van der Waals surface area contributed by atoms with Gasteiger partial charge in [-0.1, -0.05) is 18.2 Å². The lowest BCUT2D eigenvalue weighted by atomic mass is 9.75. The van der Waals surface area contributed by atoms with Crippen LogP contribution in [-0.2, 0) is 14.6 Å². The molecular weight excluding hydrogens is 400 g/mol. The minimum Gasteiger partial charge on any atom is -0.508 e. The standard InChI is InChI=1S/C21H11ClO7/c22-29-20(26)13-7-11(24)9-17-18(13)21(15-6-5-10(23)8-16(15)27-17)14-4-2-1-3-12(14)19(25)28-21/h1-9,23-24H. The zero-order chi connectivity index (χ0) is 20.3. The topological polar surface area (TPSA) is 102 Å². The van der Waals surface area contributed by atoms with Gasteiger partial charge in [-0.3, -0.25) is 0 Å². The van der Waals surface area contributed by atoms with Crippen molar-refractivity contribution >= 4 is 23.8 Å². The number of esters is 1. The van der Waals surface area contributed by atoms with Gasteiger partial charge in [0, 0.05) is 23.3 Å². The third-order valence-electron chi connectivity index (χ3n) is 5.07. The van der Waals surface area contributed by atoms with Gasteiger partial charge in [-0.15, -0.1) is 0 Å². The predicted octanol–water partition coefficient (Wildman–Crippen LogP) is 3.98. The Morgan fingerprint density at radius 3 is 2.52 bits per heavy atom. The molecule has 2 N–H and O–H groups in total. The van der Waals surface area contributed by atoms with Crippen LogP contribution in [0.5, 0.6) is 23.0 Å². The number of carbonyl (C=O) groups is 2. The normalized spacial score (nSPS) is 18.3. The van der Waals surface area contributed by atoms with Crippen molar-refractivity contribution in [3.63, 3.8) is 0 Å². The highest BCUT2D eigenvalue weighted by Gasteiger charge is 2.55. The summed E-state index contributed by atoms with van der Waals surface area (Å²) in [4.78, 5) is 25.2. The lowest BCUT2D eigenvalue weighted by molar-refractivity contribution is 0.0216. The number of benzene rings is 3. The van der Waals surface area contributed by atoms with Gasteiger partial charge in [-0.25, -0.2) is 9.59 Å². The van der Waals surface area contributed by atoms with Gasteiger partial charge in [0.1, 0.15) is 34.9 Å². The smallest absolute Gasteiger partial charge is 0.356 e. The largest absolute Gasteiger partial charge is 0.508 e. The van der Waals surface area contributed by atoms with Gasteiger partial charge in [-0.05, 0) is 24.3 Å². The highest BCUT2D eigenvalue weighted by atomic mass is 35.5. The molecule has 1 unspecified atom stereocenters. The number of hydrogen-bond donors (Lipinski definition) is 2. The van der Waals surface area contributed by atoms with Crippen LogP contribution in [0.2, 0.25) is 0 Å². The lowest BCUT2D eigenvalue weighted by Gasteiger charge is -2.37. The van der Waals surface area contributed by atoms with E-state index in [0.29, 0.717) is 16.7 Å². The molecule has 29 heavy (non-hydrogen) atoms. The zero-order valence-electron chi connectivity index (χ0n) is 14.5. The van der Waals surface area contributed by atoms with Crippen LogP contribution in [0.3, 0.4) is 0 Å². The van der Waals surface area contributed by atoms with E-state index >= 15 is 0 Å². The van der Waals surface area contributed by atoms with E-state index in [-0.39, 0.29) is 34.1 Å². The Balaban J connectivity index is 1.95. The summed E-state index contributed by atoms with van der Waals surface area (Å²) in [6, 6.07) is 13.5. The van der Waals surface area contributed by atoms with Crippen LogP contribution < -0.4 is 4.74 Å². The van der Waals surface area contributed by atoms with E-state index < -0.39 is 17.5 Å². The number of aromatic hydroxyl groups is 2. The number of hydrogen-bond acceptors (Lipinski definition) is 7. The third kappa shape index (κ3) is 2.25. The maximum absolute atomic E-state index is 12.7. The van der Waals surface area contributed by atoms with Crippen LogP contribution >= 0.6 is 11.9 Å². The average Bonchev–Trinajstić information content (AvgIpc) is 2.99. The number of rotatable bonds is 1. The number of halogens is 1. The molecule has 0 radical (unpaired) electrons. The van der Waals surface area contributed by atoms with Crippen LogP contribution in [0.15, 0.2) is 54.6 Å². The third-order valence-corrected chi connectivity index (χ3v) is 5.21. The molecule has 3 aromatic carbocycles. The Labute approximate surface area is 168 Å². The molecular formula is C21H11ClO7. The summed E-state index contributed by atoms with van der Waals surface area (Å²) in [6.07, 6.45) is 0. The second-order valence-electron chi connectivity index (χ2n) is 6.63. The van der Waals surface area contributed by atoms with E-state index in [0.717, 1.165) is 6.07 Å². The van der Waals surface area contributed by atoms with E-state index in [9.17, 15) is 19.8 Å². The Morgan fingerprint density at radius 1 is 0.966 bits per heavy atom. The van der Waals surface area contributed by atoms with Crippen molar-refractivity contribution in [3.05, 3.63) is 82.4 Å². The van der Waals surface area contributed by atoms with Gasteiger partial charge < -0.3 is 24.0 Å². The molecule has 8 heteroatoms. The first-order chi connectivity index (χ1) is 14.0. The number of fused-ring (bicyclic) bond motifs is 6. The summed E-state index contributed by atoms with van der Waals surface area (Å²) in [5.41, 5.74) is -0.321. The van der Waals surface area contributed by atoms with E-state index in [1.807, 2.05) is 0 Å². The van der Waals surface area contributed by atoms with Crippen LogP contribution in [-0.4, -0.2) is 22.2 Å². The summed E-state index contributed by atoms with van der Waals surface area (Å²) in [5, 5.41) is 20.0. The number of ether oxygens (including phenoxy) is 2. The maximum atomic E-state index is 12.7. The minimum atomic E-state index is -1.56. The highest BCUT2D eigenvalue weighted by Crippen LogP contribution is 2.58. The molecule has 1 atom stereocenters. The summed E-state index contributed by atoms with van der Waals surface area (Å²) < 4.78 is 16.1. The maximum Gasteiger partial charge on any atom is 0.356 e. The molecule has 0 aromatic heterocycles. The van der Waals surface area contributed by atoms with Gasteiger partial charge >= 0.3 is 11.9 Å². The molecule has 0 amide bonds. The first kappa shape index (κ1) is 17.4. The van der Waals surface area contributed by atoms with Gasteiger partial charge in [0.2, 0.25) is 0 Å². The summed E-state index contributed by atoms with van der Waals surface area (Å²) in [6.45, 7) is 0. The highest BCUT2D eigenvalue weighted by molar-refractivity contribution is 6.16. The van der Waals surface area contributed by atoms with Crippen molar-refractivity contribution in [1.82, 2.24) is 0 Å². The van der Waals surface area contributed by atoms with Crippen molar-refractivity contribution in [3.8, 4) is 23.0 Å². The Bertz CT molecular complexity index is 1220. The van der Waals surface area contributed by atoms with E-state index in [4.69, 9.17) is 21.3 Å². The van der Waals surface area contributed by atoms with Gasteiger partial charge in [0.25, 0.3) is 0 Å². The molecule has 0 bridgehead atoms. The summed E-state index contributed by atoms with van der Waals surface area (Å²) >= 11 is 5.31. The molecule has 0 fully saturated rings. The summed E-state index contributed by atoms with van der Waals surface area (Å²) in [7, 11) is 0. The second kappa shape index (κ2) is 5.89. The lowest BCUT2D eigenvalue weighted by Crippen LogP contribution is -2.35. The first-order valence-corrected chi connectivity index (χ1v) is 8.81. The van der Waals surface area contributed by atoms with E-state index in [1.165, 1.54) is 18.2 Å². The number of phenols is 2. The van der Waals surface area contributed by atoms with Crippen LogP contribution in [0, 0.1) is 0 Å². The Morgan fingerprint density at radius 2 is 1.72 bits per heavy atom. The van der Waals surface area contributed by atoms with Gasteiger partial charge in [0.05, 0.1) is 16.7 Å². The monoisotopic (exact) mass is 410 g/mol. The fraction of sp³-hybridized carbons (Fsp3) is 0.0476. The molecule has 7 nitrogen and oxygen atoms in total.